The number of nitrogens with zero attached hydrogens (tertiary/aromatic N) is 1. The van der Waals surface area contributed by atoms with Crippen molar-refractivity contribution in [1.82, 2.24) is 0 Å². The fraction of sp³-hybridized carbons (Fsp3) is 0.200. The van der Waals surface area contributed by atoms with Gasteiger partial charge in [0.15, 0.2) is 0 Å². The number of benzene rings is 1. The number of aliphatic hydroxyl groups excluding tert-OH is 1. The van der Waals surface area contributed by atoms with Crippen LogP contribution >= 0.6 is 11.6 Å². The smallest absolute Gasteiger partial charge is 0.0840 e. The molecule has 1 aromatic rings. The normalized spacial score (nSPS) is 11.6. The van der Waals surface area contributed by atoms with Crippen LogP contribution in [0.5, 0.6) is 0 Å². The minimum atomic E-state index is -0.222. The van der Waals surface area contributed by atoms with Crippen LogP contribution in [-0.4, -0.2) is 11.7 Å². The van der Waals surface area contributed by atoms with E-state index >= 15 is 0 Å². The van der Waals surface area contributed by atoms with Crippen LogP contribution < -0.4 is 16.6 Å². The molecule has 0 aliphatic rings. The largest absolute Gasteiger partial charge is 0.399 e. The number of hydrogen-bond acceptors (Lipinski definition) is 4. The second kappa shape index (κ2) is 5.02. The van der Waals surface area contributed by atoms with Crippen molar-refractivity contribution in [2.45, 2.75) is 6.92 Å². The van der Waals surface area contributed by atoms with E-state index in [1.165, 1.54) is 11.2 Å². The number of rotatable bonds is 3. The van der Waals surface area contributed by atoms with Gasteiger partial charge in [0.25, 0.3) is 0 Å². The van der Waals surface area contributed by atoms with E-state index in [4.69, 9.17) is 28.3 Å². The molecule has 5 heteroatoms. The van der Waals surface area contributed by atoms with Crippen molar-refractivity contribution >= 4 is 17.3 Å². The Kier molecular flexibility index (Phi) is 3.96. The lowest BCUT2D eigenvalue weighted by molar-refractivity contribution is 0.329. The molecule has 5 N–H and O–H groups in total. The van der Waals surface area contributed by atoms with Crippen LogP contribution in [0.1, 0.15) is 5.56 Å². The average molecular weight is 228 g/mol. The van der Waals surface area contributed by atoms with Crippen LogP contribution in [0.15, 0.2) is 30.1 Å². The second-order valence-electron chi connectivity index (χ2n) is 3.20. The second-order valence-corrected chi connectivity index (χ2v) is 3.64. The zero-order valence-corrected chi connectivity index (χ0v) is 9.20. The van der Waals surface area contributed by atoms with Crippen LogP contribution in [0, 0.1) is 6.92 Å². The van der Waals surface area contributed by atoms with Gasteiger partial charge in [-0.15, -0.1) is 0 Å². The highest BCUT2D eigenvalue weighted by molar-refractivity contribution is 6.30. The van der Waals surface area contributed by atoms with E-state index in [0.29, 0.717) is 10.7 Å². The Hall–Kier alpha value is -1.23. The van der Waals surface area contributed by atoms with E-state index in [2.05, 4.69) is 0 Å². The van der Waals surface area contributed by atoms with Gasteiger partial charge in [0.2, 0.25) is 0 Å². The topological polar surface area (TPSA) is 75.5 Å². The van der Waals surface area contributed by atoms with Crippen molar-refractivity contribution in [3.63, 3.8) is 0 Å². The third-order valence-electron chi connectivity index (χ3n) is 1.92. The molecule has 0 heterocycles. The monoisotopic (exact) mass is 227 g/mol. The van der Waals surface area contributed by atoms with Crippen molar-refractivity contribution < 1.29 is 5.11 Å². The standard InChI is InChI=1S/C10H14ClN3O/c1-7-4-8(11)2-3-10(7)14(13)5-9(12)6-15/h2-5,15H,6,12-13H2,1H3/b9-5-. The van der Waals surface area contributed by atoms with E-state index < -0.39 is 0 Å². The first kappa shape index (κ1) is 11.8. The fourth-order valence-electron chi connectivity index (χ4n) is 1.20. The van der Waals surface area contributed by atoms with Gasteiger partial charge in [0.1, 0.15) is 0 Å². The maximum Gasteiger partial charge on any atom is 0.0840 e. The molecule has 0 aliphatic carbocycles. The Morgan fingerprint density at radius 2 is 2.27 bits per heavy atom. The Balaban J connectivity index is 2.96. The van der Waals surface area contributed by atoms with E-state index in [9.17, 15) is 0 Å². The minimum Gasteiger partial charge on any atom is -0.399 e. The summed E-state index contributed by atoms with van der Waals surface area (Å²) in [6, 6.07) is 5.34. The van der Waals surface area contributed by atoms with Crippen molar-refractivity contribution in [3.8, 4) is 0 Å². The number of hydrazine groups is 1. The van der Waals surface area contributed by atoms with Gasteiger partial charge >= 0.3 is 0 Å². The molecule has 1 aromatic carbocycles. The predicted molar refractivity (Wildman–Crippen MR) is 62.2 cm³/mol. The average Bonchev–Trinajstić information content (AvgIpc) is 2.17. The number of anilines is 1. The summed E-state index contributed by atoms with van der Waals surface area (Å²) in [5.41, 5.74) is 7.48. The Morgan fingerprint density at radius 1 is 1.60 bits per heavy atom. The molecule has 0 atom stereocenters. The Morgan fingerprint density at radius 3 is 2.80 bits per heavy atom. The highest BCUT2D eigenvalue weighted by atomic mass is 35.5. The molecule has 0 unspecified atom stereocenters. The molecule has 0 spiro atoms. The van der Waals surface area contributed by atoms with Gasteiger partial charge in [0.05, 0.1) is 18.0 Å². The summed E-state index contributed by atoms with van der Waals surface area (Å²) in [5.74, 6) is 5.75. The van der Waals surface area contributed by atoms with Gasteiger partial charge in [-0.1, -0.05) is 11.6 Å². The third-order valence-corrected chi connectivity index (χ3v) is 2.16. The van der Waals surface area contributed by atoms with Crippen molar-refractivity contribution in [2.75, 3.05) is 11.6 Å². The molecule has 15 heavy (non-hydrogen) atoms. The van der Waals surface area contributed by atoms with Crippen LogP contribution in [0.3, 0.4) is 0 Å². The Bertz CT molecular complexity index is 379. The van der Waals surface area contributed by atoms with E-state index in [1.54, 1.807) is 18.2 Å². The molecule has 4 nitrogen and oxygen atoms in total. The van der Waals surface area contributed by atoms with Crippen molar-refractivity contribution in [2.24, 2.45) is 11.6 Å². The SMILES string of the molecule is Cc1cc(Cl)ccc1N(N)/C=C(\N)CO. The first-order chi connectivity index (χ1) is 7.04. The van der Waals surface area contributed by atoms with Gasteiger partial charge in [-0.05, 0) is 30.7 Å². The molecular formula is C10H14ClN3O. The number of aliphatic hydroxyl groups is 1. The highest BCUT2D eigenvalue weighted by Gasteiger charge is 2.03. The molecule has 0 aliphatic heterocycles. The maximum absolute atomic E-state index is 8.75. The van der Waals surface area contributed by atoms with Crippen LogP contribution in [0.25, 0.3) is 0 Å². The fourth-order valence-corrected chi connectivity index (χ4v) is 1.42. The van der Waals surface area contributed by atoms with Crippen LogP contribution in [0.2, 0.25) is 5.02 Å². The Labute approximate surface area is 93.7 Å². The number of nitrogens with two attached hydrogens (primary N) is 2. The lowest BCUT2D eigenvalue weighted by atomic mass is 10.2. The highest BCUT2D eigenvalue weighted by Crippen LogP contribution is 2.21. The molecule has 0 radical (unpaired) electrons. The molecule has 82 valence electrons. The summed E-state index contributed by atoms with van der Waals surface area (Å²) < 4.78 is 0. The summed E-state index contributed by atoms with van der Waals surface area (Å²) in [7, 11) is 0. The molecule has 0 aromatic heterocycles. The van der Waals surface area contributed by atoms with Crippen LogP contribution in [0.4, 0.5) is 5.69 Å². The quantitative estimate of drug-likeness (QED) is 0.534. The van der Waals surface area contributed by atoms with Crippen LogP contribution in [-0.2, 0) is 0 Å². The maximum atomic E-state index is 8.75. The summed E-state index contributed by atoms with van der Waals surface area (Å²) in [6.07, 6.45) is 1.47. The molecule has 0 bridgehead atoms. The van der Waals surface area contributed by atoms with Gasteiger partial charge in [-0.3, -0.25) is 5.01 Å². The lowest BCUT2D eigenvalue weighted by Gasteiger charge is -2.17. The third kappa shape index (κ3) is 3.13. The van der Waals surface area contributed by atoms with Gasteiger partial charge in [-0.2, -0.15) is 0 Å². The minimum absolute atomic E-state index is 0.222. The van der Waals surface area contributed by atoms with Gasteiger partial charge in [0, 0.05) is 11.2 Å². The van der Waals surface area contributed by atoms with Crippen molar-refractivity contribution in [3.05, 3.63) is 40.7 Å². The molecule has 0 amide bonds. The summed E-state index contributed by atoms with van der Waals surface area (Å²) in [4.78, 5) is 0. The summed E-state index contributed by atoms with van der Waals surface area (Å²) >= 11 is 5.82. The predicted octanol–water partition coefficient (Wildman–Crippen LogP) is 1.12. The van der Waals surface area contributed by atoms with Gasteiger partial charge < -0.3 is 10.8 Å². The number of aryl methyl sites for hydroxylation is 1. The first-order valence-electron chi connectivity index (χ1n) is 4.41. The number of halogens is 1. The zero-order chi connectivity index (χ0) is 11.4. The van der Waals surface area contributed by atoms with E-state index in [-0.39, 0.29) is 6.61 Å². The molecular weight excluding hydrogens is 214 g/mol. The summed E-state index contributed by atoms with van der Waals surface area (Å²) in [6.45, 7) is 1.67. The molecule has 1 rings (SSSR count). The lowest BCUT2D eigenvalue weighted by Crippen LogP contribution is -2.27. The molecule has 0 fully saturated rings. The zero-order valence-electron chi connectivity index (χ0n) is 8.44. The molecule has 0 saturated carbocycles. The van der Waals surface area contributed by atoms with Gasteiger partial charge in [-0.25, -0.2) is 5.84 Å². The van der Waals surface area contributed by atoms with Crippen molar-refractivity contribution in [1.29, 1.82) is 0 Å². The summed E-state index contributed by atoms with van der Waals surface area (Å²) in [5, 5.41) is 10.8. The molecule has 0 saturated heterocycles. The first-order valence-corrected chi connectivity index (χ1v) is 4.79. The number of hydrogen-bond donors (Lipinski definition) is 3. The van der Waals surface area contributed by atoms with E-state index in [0.717, 1.165) is 11.3 Å². The van der Waals surface area contributed by atoms with E-state index in [1.807, 2.05) is 6.92 Å².